The summed E-state index contributed by atoms with van der Waals surface area (Å²) in [6.07, 6.45) is 39.0. The van der Waals surface area contributed by atoms with Crippen LogP contribution in [0.15, 0.2) is 36.5 Å². The summed E-state index contributed by atoms with van der Waals surface area (Å²) in [5.41, 5.74) is 0. The van der Waals surface area contributed by atoms with Gasteiger partial charge in [0.1, 0.15) is 6.61 Å². The highest BCUT2D eigenvalue weighted by Crippen LogP contribution is 2.11. The Morgan fingerprint density at radius 2 is 0.952 bits per heavy atom. The number of aliphatic hydroxyl groups is 1. The molecule has 0 aromatic heterocycles. The lowest BCUT2D eigenvalue weighted by Gasteiger charge is -2.15. The number of unbranched alkanes of at least 4 members (excludes halogenated alkanes) is 17. The van der Waals surface area contributed by atoms with E-state index in [1.54, 1.807) is 0 Å². The number of allylic oxidation sites excluding steroid dienone is 6. The molecule has 1 atom stereocenters. The molecule has 0 aromatic carbocycles. The number of carbonyl (C=O) groups is 2. The van der Waals surface area contributed by atoms with Crippen LogP contribution < -0.4 is 0 Å². The first-order valence-corrected chi connectivity index (χ1v) is 17.5. The maximum absolute atomic E-state index is 12.1. The molecule has 0 aliphatic heterocycles. The summed E-state index contributed by atoms with van der Waals surface area (Å²) >= 11 is 0. The Labute approximate surface area is 259 Å². The van der Waals surface area contributed by atoms with Crippen molar-refractivity contribution in [2.24, 2.45) is 0 Å². The molecule has 5 heteroatoms. The van der Waals surface area contributed by atoms with E-state index in [-0.39, 0.29) is 25.2 Å². The second-order valence-corrected chi connectivity index (χ2v) is 11.6. The monoisotopic (exact) mass is 590 g/mol. The zero-order valence-electron chi connectivity index (χ0n) is 27.5. The number of aliphatic hydroxyl groups excluding tert-OH is 1. The maximum atomic E-state index is 12.1. The van der Waals surface area contributed by atoms with Gasteiger partial charge in [0.25, 0.3) is 0 Å². The maximum Gasteiger partial charge on any atom is 0.306 e. The normalized spacial score (nSPS) is 12.5. The Morgan fingerprint density at radius 3 is 1.48 bits per heavy atom. The van der Waals surface area contributed by atoms with Gasteiger partial charge in [-0.3, -0.25) is 9.59 Å². The van der Waals surface area contributed by atoms with Crippen molar-refractivity contribution in [3.63, 3.8) is 0 Å². The van der Waals surface area contributed by atoms with Gasteiger partial charge in [-0.1, -0.05) is 121 Å². The van der Waals surface area contributed by atoms with E-state index in [1.807, 2.05) is 0 Å². The molecule has 0 spiro atoms. The third kappa shape index (κ3) is 31.1. The summed E-state index contributed by atoms with van der Waals surface area (Å²) in [5.74, 6) is -0.619. The molecule has 0 saturated carbocycles. The summed E-state index contributed by atoms with van der Waals surface area (Å²) in [6, 6.07) is 0. The summed E-state index contributed by atoms with van der Waals surface area (Å²) in [4.78, 5) is 24.1. The first-order chi connectivity index (χ1) is 20.6. The third-order valence-corrected chi connectivity index (χ3v) is 7.41. The van der Waals surface area contributed by atoms with Crippen LogP contribution in [0, 0.1) is 0 Å². The Morgan fingerprint density at radius 1 is 0.548 bits per heavy atom. The van der Waals surface area contributed by atoms with Gasteiger partial charge in [-0.25, -0.2) is 0 Å². The summed E-state index contributed by atoms with van der Waals surface area (Å²) < 4.78 is 10.5. The highest BCUT2D eigenvalue weighted by atomic mass is 16.6. The zero-order valence-corrected chi connectivity index (χ0v) is 27.5. The number of rotatable bonds is 31. The smallest absolute Gasteiger partial charge is 0.306 e. The van der Waals surface area contributed by atoms with Crippen molar-refractivity contribution in [3.8, 4) is 0 Å². The predicted molar refractivity (Wildman–Crippen MR) is 178 cm³/mol. The highest BCUT2D eigenvalue weighted by Gasteiger charge is 2.16. The predicted octanol–water partition coefficient (Wildman–Crippen LogP) is 10.5. The first kappa shape index (κ1) is 40.1. The molecule has 42 heavy (non-hydrogen) atoms. The average molecular weight is 591 g/mol. The quantitative estimate of drug-likeness (QED) is 0.0494. The molecule has 0 radical (unpaired) electrons. The number of hydrogen-bond acceptors (Lipinski definition) is 5. The number of ether oxygens (including phenoxy) is 2. The minimum Gasteiger partial charge on any atom is -0.462 e. The molecule has 0 fully saturated rings. The Kier molecular flexibility index (Phi) is 32.1. The molecule has 244 valence electrons. The van der Waals surface area contributed by atoms with Gasteiger partial charge in [0, 0.05) is 12.8 Å². The molecule has 0 bridgehead atoms. The Bertz CT molecular complexity index is 682. The van der Waals surface area contributed by atoms with Crippen LogP contribution in [0.1, 0.15) is 168 Å². The SMILES string of the molecule is CCCCC/C=C\C/C=C\CCCCCCCC(=O)OCC(CO)OC(=O)CCCCCCC/C=C/CCCCCC. The zero-order chi connectivity index (χ0) is 30.8. The van der Waals surface area contributed by atoms with Crippen molar-refractivity contribution in [1.82, 2.24) is 0 Å². The molecule has 0 saturated heterocycles. The number of esters is 2. The standard InChI is InChI=1S/C37H66O5/c1-3-5-7-9-11-13-15-17-18-20-21-23-25-27-29-31-36(39)41-34-35(33-38)42-37(40)32-30-28-26-24-22-19-16-14-12-10-8-6-4-2/h11,13-14,16-18,35,38H,3-10,12,15,19-34H2,1-2H3/b13-11-,16-14+,18-17-. The topological polar surface area (TPSA) is 72.8 Å². The lowest BCUT2D eigenvalue weighted by molar-refractivity contribution is -0.161. The van der Waals surface area contributed by atoms with E-state index in [4.69, 9.17) is 9.47 Å². The van der Waals surface area contributed by atoms with Crippen molar-refractivity contribution >= 4 is 11.9 Å². The fourth-order valence-corrected chi connectivity index (χ4v) is 4.69. The lowest BCUT2D eigenvalue weighted by Crippen LogP contribution is -2.28. The average Bonchev–Trinajstić information content (AvgIpc) is 2.99. The van der Waals surface area contributed by atoms with Crippen molar-refractivity contribution in [1.29, 1.82) is 0 Å². The lowest BCUT2D eigenvalue weighted by atomic mass is 10.1. The van der Waals surface area contributed by atoms with E-state index in [1.165, 1.54) is 83.5 Å². The van der Waals surface area contributed by atoms with Crippen molar-refractivity contribution in [2.45, 2.75) is 174 Å². The second kappa shape index (κ2) is 33.6. The van der Waals surface area contributed by atoms with Gasteiger partial charge >= 0.3 is 11.9 Å². The first-order valence-electron chi connectivity index (χ1n) is 17.5. The fourth-order valence-electron chi connectivity index (χ4n) is 4.69. The molecular formula is C37H66O5. The molecule has 5 nitrogen and oxygen atoms in total. The largest absolute Gasteiger partial charge is 0.462 e. The van der Waals surface area contributed by atoms with Crippen LogP contribution in [0.5, 0.6) is 0 Å². The number of carbonyl (C=O) groups excluding carboxylic acids is 2. The molecule has 0 aromatic rings. The fraction of sp³-hybridized carbons (Fsp3) is 0.784. The second-order valence-electron chi connectivity index (χ2n) is 11.6. The Balaban J connectivity index is 3.62. The van der Waals surface area contributed by atoms with Gasteiger partial charge in [0.05, 0.1) is 6.61 Å². The molecule has 1 unspecified atom stereocenters. The van der Waals surface area contributed by atoms with Crippen molar-refractivity contribution in [3.05, 3.63) is 36.5 Å². The van der Waals surface area contributed by atoms with E-state index >= 15 is 0 Å². The van der Waals surface area contributed by atoms with Crippen molar-refractivity contribution < 1.29 is 24.2 Å². The summed E-state index contributed by atoms with van der Waals surface area (Å²) in [6.45, 7) is 4.06. The van der Waals surface area contributed by atoms with E-state index in [2.05, 4.69) is 50.3 Å². The van der Waals surface area contributed by atoms with E-state index < -0.39 is 6.10 Å². The molecule has 1 N–H and O–H groups in total. The Hall–Kier alpha value is -1.88. The van der Waals surface area contributed by atoms with Gasteiger partial charge in [0.15, 0.2) is 6.10 Å². The molecule has 0 rings (SSSR count). The van der Waals surface area contributed by atoms with Crippen LogP contribution in [0.3, 0.4) is 0 Å². The van der Waals surface area contributed by atoms with Gasteiger partial charge < -0.3 is 14.6 Å². The molecule has 0 amide bonds. The van der Waals surface area contributed by atoms with Gasteiger partial charge in [-0.2, -0.15) is 0 Å². The van der Waals surface area contributed by atoms with Gasteiger partial charge in [-0.15, -0.1) is 0 Å². The molecule has 0 heterocycles. The highest BCUT2D eigenvalue weighted by molar-refractivity contribution is 5.70. The molecular weight excluding hydrogens is 524 g/mol. The van der Waals surface area contributed by atoms with Gasteiger partial charge in [0.2, 0.25) is 0 Å². The van der Waals surface area contributed by atoms with Crippen LogP contribution in [0.2, 0.25) is 0 Å². The van der Waals surface area contributed by atoms with Crippen LogP contribution in [-0.4, -0.2) is 36.4 Å². The van der Waals surface area contributed by atoms with Crippen molar-refractivity contribution in [2.75, 3.05) is 13.2 Å². The minimum absolute atomic E-state index is 0.0759. The minimum atomic E-state index is -0.778. The van der Waals surface area contributed by atoms with E-state index in [9.17, 15) is 14.7 Å². The summed E-state index contributed by atoms with van der Waals surface area (Å²) in [7, 11) is 0. The van der Waals surface area contributed by atoms with E-state index in [0.29, 0.717) is 12.8 Å². The molecule has 0 aliphatic rings. The van der Waals surface area contributed by atoms with Crippen LogP contribution in [-0.2, 0) is 19.1 Å². The van der Waals surface area contributed by atoms with Gasteiger partial charge in [-0.05, 0) is 70.6 Å². The van der Waals surface area contributed by atoms with Crippen LogP contribution >= 0.6 is 0 Å². The van der Waals surface area contributed by atoms with Crippen LogP contribution in [0.25, 0.3) is 0 Å². The van der Waals surface area contributed by atoms with E-state index in [0.717, 1.165) is 57.8 Å². The molecule has 0 aliphatic carbocycles. The van der Waals surface area contributed by atoms with Crippen LogP contribution in [0.4, 0.5) is 0 Å². The summed E-state index contributed by atoms with van der Waals surface area (Å²) in [5, 5.41) is 9.51. The number of hydrogen-bond donors (Lipinski definition) is 1. The third-order valence-electron chi connectivity index (χ3n) is 7.41.